The average Bonchev–Trinajstić information content (AvgIpc) is 3.24. The molecule has 1 aliphatic rings. The number of halogens is 1. The molecule has 0 saturated carbocycles. The Hall–Kier alpha value is -1.38. The average molecular weight is 397 g/mol. The van der Waals surface area contributed by atoms with Gasteiger partial charge in [0.15, 0.2) is 0 Å². The Balaban J connectivity index is 1.41. The summed E-state index contributed by atoms with van der Waals surface area (Å²) in [6.45, 7) is 3.02. The second-order valence-electron chi connectivity index (χ2n) is 6.01. The standard InChI is InChI=1S/C17H17ClN2O3S2/c18-14-3-4-16-13(10-14)11-15(23-16)12-19-5-7-20(8-6-19)25(21,22)17-2-1-9-24-17/h1-4,9-11H,5-8,12H2. The number of furan rings is 1. The number of sulfonamides is 1. The van der Waals surface area contributed by atoms with E-state index in [2.05, 4.69) is 4.90 Å². The van der Waals surface area contributed by atoms with Crippen molar-refractivity contribution in [2.75, 3.05) is 26.2 Å². The topological polar surface area (TPSA) is 53.8 Å². The lowest BCUT2D eigenvalue weighted by atomic mass is 10.2. The molecule has 0 N–H and O–H groups in total. The van der Waals surface area contributed by atoms with Gasteiger partial charge in [-0.2, -0.15) is 4.31 Å². The molecule has 8 heteroatoms. The molecule has 0 unspecified atom stereocenters. The smallest absolute Gasteiger partial charge is 0.252 e. The number of benzene rings is 1. The van der Waals surface area contributed by atoms with Gasteiger partial charge in [-0.1, -0.05) is 17.7 Å². The van der Waals surface area contributed by atoms with E-state index in [0.717, 1.165) is 16.7 Å². The Labute approximate surface area is 155 Å². The number of rotatable bonds is 4. The maximum atomic E-state index is 12.5. The predicted octanol–water partition coefficient (Wildman–Crippen LogP) is 3.65. The molecule has 4 rings (SSSR count). The lowest BCUT2D eigenvalue weighted by molar-refractivity contribution is 0.172. The van der Waals surface area contributed by atoms with Crippen molar-refractivity contribution >= 4 is 43.9 Å². The zero-order chi connectivity index (χ0) is 17.4. The van der Waals surface area contributed by atoms with Crippen molar-refractivity contribution in [3.05, 3.63) is 52.6 Å². The maximum Gasteiger partial charge on any atom is 0.252 e. The van der Waals surface area contributed by atoms with Crippen LogP contribution in [-0.2, 0) is 16.6 Å². The molecule has 0 aliphatic carbocycles. The van der Waals surface area contributed by atoms with Gasteiger partial charge in [0.25, 0.3) is 10.0 Å². The number of hydrogen-bond donors (Lipinski definition) is 0. The molecule has 3 aromatic rings. The van der Waals surface area contributed by atoms with Gasteiger partial charge in [-0.15, -0.1) is 11.3 Å². The molecule has 3 heterocycles. The van der Waals surface area contributed by atoms with Crippen LogP contribution in [-0.4, -0.2) is 43.8 Å². The van der Waals surface area contributed by atoms with Crippen molar-refractivity contribution in [1.29, 1.82) is 0 Å². The lowest BCUT2D eigenvalue weighted by Crippen LogP contribution is -2.47. The van der Waals surface area contributed by atoms with E-state index in [-0.39, 0.29) is 0 Å². The van der Waals surface area contributed by atoms with E-state index in [0.29, 0.717) is 42.0 Å². The van der Waals surface area contributed by atoms with Crippen LogP contribution in [0.25, 0.3) is 11.0 Å². The summed E-state index contributed by atoms with van der Waals surface area (Å²) in [6.07, 6.45) is 0. The van der Waals surface area contributed by atoms with Gasteiger partial charge >= 0.3 is 0 Å². The first kappa shape index (κ1) is 17.1. The van der Waals surface area contributed by atoms with Gasteiger partial charge in [-0.3, -0.25) is 4.90 Å². The van der Waals surface area contributed by atoms with Crippen LogP contribution in [0.3, 0.4) is 0 Å². The normalized spacial score (nSPS) is 17.3. The molecule has 1 aromatic carbocycles. The van der Waals surface area contributed by atoms with Crippen molar-refractivity contribution < 1.29 is 12.8 Å². The summed E-state index contributed by atoms with van der Waals surface area (Å²) in [4.78, 5) is 2.21. The number of nitrogens with zero attached hydrogens (tertiary/aromatic N) is 2. The van der Waals surface area contributed by atoms with Crippen molar-refractivity contribution in [3.63, 3.8) is 0 Å². The van der Waals surface area contributed by atoms with Crippen LogP contribution >= 0.6 is 22.9 Å². The molecule has 2 aromatic heterocycles. The molecular weight excluding hydrogens is 380 g/mol. The second kappa shape index (κ2) is 6.74. The fourth-order valence-electron chi connectivity index (χ4n) is 3.03. The van der Waals surface area contributed by atoms with E-state index < -0.39 is 10.0 Å². The zero-order valence-electron chi connectivity index (χ0n) is 13.4. The van der Waals surface area contributed by atoms with Crippen LogP contribution in [0.1, 0.15) is 5.76 Å². The first-order chi connectivity index (χ1) is 12.0. The van der Waals surface area contributed by atoms with Crippen LogP contribution in [0.15, 0.2) is 50.4 Å². The van der Waals surface area contributed by atoms with Crippen LogP contribution in [0.4, 0.5) is 0 Å². The predicted molar refractivity (Wildman–Crippen MR) is 99.6 cm³/mol. The molecule has 0 spiro atoms. The molecule has 1 saturated heterocycles. The van der Waals surface area contributed by atoms with Gasteiger partial charge in [0.05, 0.1) is 6.54 Å². The summed E-state index contributed by atoms with van der Waals surface area (Å²) in [5.74, 6) is 0.867. The summed E-state index contributed by atoms with van der Waals surface area (Å²) in [5, 5.41) is 3.46. The fraction of sp³-hybridized carbons (Fsp3) is 0.294. The van der Waals surface area contributed by atoms with Crippen LogP contribution in [0.2, 0.25) is 5.02 Å². The third kappa shape index (κ3) is 3.47. The Morgan fingerprint density at radius 3 is 2.64 bits per heavy atom. The third-order valence-corrected chi connectivity index (χ3v) is 7.84. The van der Waals surface area contributed by atoms with Gasteiger partial charge in [0, 0.05) is 36.6 Å². The zero-order valence-corrected chi connectivity index (χ0v) is 15.8. The van der Waals surface area contributed by atoms with Crippen molar-refractivity contribution in [2.45, 2.75) is 10.8 Å². The van der Waals surface area contributed by atoms with Gasteiger partial charge in [-0.05, 0) is 35.7 Å². The van der Waals surface area contributed by atoms with Gasteiger partial charge in [0.1, 0.15) is 15.6 Å². The molecular formula is C17H17ClN2O3S2. The van der Waals surface area contributed by atoms with E-state index >= 15 is 0 Å². The minimum atomic E-state index is -3.35. The van der Waals surface area contributed by atoms with E-state index in [1.165, 1.54) is 11.3 Å². The molecule has 25 heavy (non-hydrogen) atoms. The minimum Gasteiger partial charge on any atom is -0.460 e. The number of thiophene rings is 1. The van der Waals surface area contributed by atoms with Crippen molar-refractivity contribution in [1.82, 2.24) is 9.21 Å². The Kier molecular flexibility index (Phi) is 4.59. The van der Waals surface area contributed by atoms with Gasteiger partial charge in [0.2, 0.25) is 0 Å². The summed E-state index contributed by atoms with van der Waals surface area (Å²) in [5.41, 5.74) is 0.818. The fourth-order valence-corrected chi connectivity index (χ4v) is 5.78. The number of piperazine rings is 1. The SMILES string of the molecule is O=S(=O)(c1cccs1)N1CCN(Cc2cc3cc(Cl)ccc3o2)CC1. The molecule has 0 radical (unpaired) electrons. The Morgan fingerprint density at radius 2 is 1.92 bits per heavy atom. The number of fused-ring (bicyclic) bond motifs is 1. The highest BCUT2D eigenvalue weighted by molar-refractivity contribution is 7.91. The highest BCUT2D eigenvalue weighted by Crippen LogP contribution is 2.25. The van der Waals surface area contributed by atoms with Crippen LogP contribution in [0, 0.1) is 0 Å². The minimum absolute atomic E-state index is 0.412. The maximum absolute atomic E-state index is 12.5. The quantitative estimate of drug-likeness (QED) is 0.675. The second-order valence-corrected chi connectivity index (χ2v) is 9.56. The van der Waals surface area contributed by atoms with Crippen molar-refractivity contribution in [2.24, 2.45) is 0 Å². The summed E-state index contributed by atoms with van der Waals surface area (Å²) in [6, 6.07) is 11.0. The Morgan fingerprint density at radius 1 is 1.12 bits per heavy atom. The number of hydrogen-bond acceptors (Lipinski definition) is 5. The monoisotopic (exact) mass is 396 g/mol. The van der Waals surface area contributed by atoms with E-state index in [9.17, 15) is 8.42 Å². The summed E-state index contributed by atoms with van der Waals surface area (Å²) in [7, 11) is -3.35. The van der Waals surface area contributed by atoms with Gasteiger partial charge < -0.3 is 4.42 Å². The lowest BCUT2D eigenvalue weighted by Gasteiger charge is -2.33. The highest BCUT2D eigenvalue weighted by atomic mass is 35.5. The third-order valence-electron chi connectivity index (χ3n) is 4.33. The molecule has 0 bridgehead atoms. The molecule has 1 fully saturated rings. The first-order valence-electron chi connectivity index (χ1n) is 7.96. The molecule has 0 amide bonds. The van der Waals surface area contributed by atoms with E-state index in [1.807, 2.05) is 24.3 Å². The molecule has 1 aliphatic heterocycles. The molecule has 0 atom stereocenters. The summed E-state index contributed by atoms with van der Waals surface area (Å²) >= 11 is 7.27. The van der Waals surface area contributed by atoms with E-state index in [4.69, 9.17) is 16.0 Å². The van der Waals surface area contributed by atoms with E-state index in [1.54, 1.807) is 21.8 Å². The van der Waals surface area contributed by atoms with Crippen LogP contribution in [0.5, 0.6) is 0 Å². The summed E-state index contributed by atoms with van der Waals surface area (Å²) < 4.78 is 32.9. The highest BCUT2D eigenvalue weighted by Gasteiger charge is 2.29. The van der Waals surface area contributed by atoms with Crippen molar-refractivity contribution in [3.8, 4) is 0 Å². The molecule has 5 nitrogen and oxygen atoms in total. The van der Waals surface area contributed by atoms with Crippen LogP contribution < -0.4 is 0 Å². The largest absolute Gasteiger partial charge is 0.460 e. The first-order valence-corrected chi connectivity index (χ1v) is 10.7. The molecule has 132 valence electrons. The van der Waals surface area contributed by atoms with Gasteiger partial charge in [-0.25, -0.2) is 8.42 Å². The Bertz CT molecular complexity index is 975.